The first-order valence-corrected chi connectivity index (χ1v) is 9.04. The molecule has 0 amide bonds. The zero-order valence-electron chi connectivity index (χ0n) is 16.6. The van der Waals surface area contributed by atoms with Crippen molar-refractivity contribution in [1.82, 2.24) is 0 Å². The van der Waals surface area contributed by atoms with Crippen molar-refractivity contribution in [2.45, 2.75) is 6.54 Å². The zero-order chi connectivity index (χ0) is 23.3. The molecule has 12 heteroatoms. The normalized spacial score (nSPS) is 10.3. The third kappa shape index (κ3) is 5.05. The van der Waals surface area contributed by atoms with E-state index in [0.29, 0.717) is 18.0 Å². The summed E-state index contributed by atoms with van der Waals surface area (Å²) in [4.78, 5) is 30.9. The lowest BCUT2D eigenvalue weighted by Gasteiger charge is -2.13. The molecule has 0 heterocycles. The van der Waals surface area contributed by atoms with E-state index >= 15 is 0 Å². The topological polar surface area (TPSA) is 160 Å². The summed E-state index contributed by atoms with van der Waals surface area (Å²) in [5.74, 6) is 0.305. The number of nitrogens with zero attached hydrogens (tertiary/aromatic N) is 3. The van der Waals surface area contributed by atoms with Crippen molar-refractivity contribution < 1.29 is 24.2 Å². The lowest BCUT2D eigenvalue weighted by molar-refractivity contribution is -0.394. The molecule has 0 aliphatic heterocycles. The van der Waals surface area contributed by atoms with Crippen LogP contribution >= 0.6 is 0 Å². The lowest BCUT2D eigenvalue weighted by Crippen LogP contribution is -2.01. The van der Waals surface area contributed by atoms with Gasteiger partial charge in [-0.25, -0.2) is 0 Å². The standard InChI is InChI=1S/C20H16N4O8/c1-31-20-10-13(12-21-14-3-5-15(6-4-14)22(25)26)2-8-19(20)32-18-9-7-16(23(27)28)11-17(18)24(29)30/h2-11,21H,12H2,1H3. The summed E-state index contributed by atoms with van der Waals surface area (Å²) in [7, 11) is 1.40. The van der Waals surface area contributed by atoms with E-state index in [2.05, 4.69) is 5.32 Å². The Bertz CT molecular complexity index is 1180. The predicted molar refractivity (Wildman–Crippen MR) is 113 cm³/mol. The fourth-order valence-corrected chi connectivity index (χ4v) is 2.78. The number of ether oxygens (including phenoxy) is 2. The van der Waals surface area contributed by atoms with E-state index in [9.17, 15) is 30.3 Å². The van der Waals surface area contributed by atoms with Crippen LogP contribution < -0.4 is 14.8 Å². The molecule has 1 N–H and O–H groups in total. The highest BCUT2D eigenvalue weighted by atomic mass is 16.6. The van der Waals surface area contributed by atoms with Gasteiger partial charge in [0.15, 0.2) is 11.5 Å². The molecule has 164 valence electrons. The van der Waals surface area contributed by atoms with Crippen molar-refractivity contribution in [2.75, 3.05) is 12.4 Å². The summed E-state index contributed by atoms with van der Waals surface area (Å²) in [5.41, 5.74) is 0.468. The van der Waals surface area contributed by atoms with E-state index in [1.165, 1.54) is 19.2 Å². The van der Waals surface area contributed by atoms with E-state index in [1.807, 2.05) is 0 Å². The van der Waals surface area contributed by atoms with Crippen LogP contribution in [0.25, 0.3) is 0 Å². The maximum Gasteiger partial charge on any atom is 0.318 e. The van der Waals surface area contributed by atoms with E-state index in [0.717, 1.165) is 23.8 Å². The minimum Gasteiger partial charge on any atom is -0.493 e. The van der Waals surface area contributed by atoms with Crippen molar-refractivity contribution in [3.8, 4) is 17.2 Å². The zero-order valence-corrected chi connectivity index (χ0v) is 16.6. The Kier molecular flexibility index (Phi) is 6.44. The van der Waals surface area contributed by atoms with E-state index < -0.39 is 26.1 Å². The van der Waals surface area contributed by atoms with Crippen molar-refractivity contribution >= 4 is 22.7 Å². The van der Waals surface area contributed by atoms with Gasteiger partial charge in [0.05, 0.1) is 27.9 Å². The number of nitrogens with one attached hydrogen (secondary N) is 1. The van der Waals surface area contributed by atoms with Crippen LogP contribution in [-0.4, -0.2) is 21.9 Å². The van der Waals surface area contributed by atoms with Crippen LogP contribution in [0.3, 0.4) is 0 Å². The summed E-state index contributed by atoms with van der Waals surface area (Å²) in [5, 5.41) is 36.0. The number of non-ortho nitro benzene ring substituents is 2. The van der Waals surface area contributed by atoms with Crippen LogP contribution in [0.15, 0.2) is 60.7 Å². The monoisotopic (exact) mass is 440 g/mol. The molecule has 0 saturated heterocycles. The maximum atomic E-state index is 11.3. The second-order valence-electron chi connectivity index (χ2n) is 6.41. The molecule has 3 rings (SSSR count). The van der Waals surface area contributed by atoms with Crippen molar-refractivity contribution in [1.29, 1.82) is 0 Å². The van der Waals surface area contributed by atoms with Gasteiger partial charge in [0.1, 0.15) is 0 Å². The fraction of sp³-hybridized carbons (Fsp3) is 0.100. The summed E-state index contributed by atoms with van der Waals surface area (Å²) >= 11 is 0. The third-order valence-electron chi connectivity index (χ3n) is 4.37. The molecule has 0 spiro atoms. The fourth-order valence-electron chi connectivity index (χ4n) is 2.78. The Morgan fingerprint density at radius 1 is 0.750 bits per heavy atom. The van der Waals surface area contributed by atoms with Crippen LogP contribution in [0, 0.1) is 30.3 Å². The minimum absolute atomic E-state index is 0.0148. The predicted octanol–water partition coefficient (Wildman–Crippen LogP) is 4.82. The van der Waals surface area contributed by atoms with E-state index in [1.54, 1.807) is 30.3 Å². The number of nitro groups is 3. The minimum atomic E-state index is -0.767. The average molecular weight is 440 g/mol. The molecular formula is C20H16N4O8. The highest BCUT2D eigenvalue weighted by molar-refractivity contribution is 5.56. The molecule has 0 saturated carbocycles. The van der Waals surface area contributed by atoms with Crippen molar-refractivity contribution in [3.63, 3.8) is 0 Å². The molecule has 0 aliphatic rings. The van der Waals surface area contributed by atoms with Crippen molar-refractivity contribution in [2.24, 2.45) is 0 Å². The number of benzene rings is 3. The van der Waals surface area contributed by atoms with Crippen LogP contribution in [0.5, 0.6) is 17.2 Å². The molecular weight excluding hydrogens is 424 g/mol. The Hall–Kier alpha value is -4.74. The van der Waals surface area contributed by atoms with Gasteiger partial charge in [-0.1, -0.05) is 6.07 Å². The van der Waals surface area contributed by atoms with Crippen LogP contribution in [0.1, 0.15) is 5.56 Å². The van der Waals surface area contributed by atoms with Gasteiger partial charge < -0.3 is 14.8 Å². The van der Waals surface area contributed by atoms with Crippen LogP contribution in [-0.2, 0) is 6.54 Å². The van der Waals surface area contributed by atoms with Gasteiger partial charge in [0.2, 0.25) is 5.75 Å². The lowest BCUT2D eigenvalue weighted by atomic mass is 10.2. The Morgan fingerprint density at radius 2 is 1.38 bits per heavy atom. The number of anilines is 1. The molecule has 3 aromatic rings. The van der Waals surface area contributed by atoms with Gasteiger partial charge in [0.25, 0.3) is 11.4 Å². The van der Waals surface area contributed by atoms with Crippen molar-refractivity contribution in [3.05, 3.63) is 96.6 Å². The average Bonchev–Trinajstić information content (AvgIpc) is 2.78. The van der Waals surface area contributed by atoms with Gasteiger partial charge in [0, 0.05) is 30.4 Å². The number of rotatable bonds is 9. The molecule has 0 aliphatic carbocycles. The molecule has 0 fully saturated rings. The first kappa shape index (κ1) is 22.0. The highest BCUT2D eigenvalue weighted by Crippen LogP contribution is 2.38. The van der Waals surface area contributed by atoms with E-state index in [4.69, 9.17) is 9.47 Å². The number of hydrogen-bond donors (Lipinski definition) is 1. The number of hydrogen-bond acceptors (Lipinski definition) is 9. The summed E-state index contributed by atoms with van der Waals surface area (Å²) in [6, 6.07) is 13.9. The van der Waals surface area contributed by atoms with Gasteiger partial charge in [-0.05, 0) is 35.9 Å². The molecule has 32 heavy (non-hydrogen) atoms. The summed E-state index contributed by atoms with van der Waals surface area (Å²) in [6.07, 6.45) is 0. The first-order valence-electron chi connectivity index (χ1n) is 9.04. The van der Waals surface area contributed by atoms with Crippen LogP contribution in [0.2, 0.25) is 0 Å². The number of methoxy groups -OCH3 is 1. The third-order valence-corrected chi connectivity index (χ3v) is 4.37. The Morgan fingerprint density at radius 3 is 1.97 bits per heavy atom. The summed E-state index contributed by atoms with van der Waals surface area (Å²) in [6.45, 7) is 0.367. The van der Waals surface area contributed by atoms with Crippen LogP contribution in [0.4, 0.5) is 22.7 Å². The Balaban J connectivity index is 1.77. The van der Waals surface area contributed by atoms with Gasteiger partial charge in [-0.2, -0.15) is 0 Å². The van der Waals surface area contributed by atoms with Gasteiger partial charge >= 0.3 is 5.69 Å². The molecule has 0 bridgehead atoms. The SMILES string of the molecule is COc1cc(CNc2ccc([N+](=O)[O-])cc2)ccc1Oc1ccc([N+](=O)[O-])cc1[N+](=O)[O-]. The smallest absolute Gasteiger partial charge is 0.318 e. The molecule has 3 aromatic carbocycles. The van der Waals surface area contributed by atoms with E-state index in [-0.39, 0.29) is 17.2 Å². The first-order chi connectivity index (χ1) is 15.3. The van der Waals surface area contributed by atoms with Gasteiger partial charge in [-0.15, -0.1) is 0 Å². The number of nitro benzene ring substituents is 3. The molecule has 0 aromatic heterocycles. The Labute approximate surface area is 180 Å². The van der Waals surface area contributed by atoms with Gasteiger partial charge in [-0.3, -0.25) is 30.3 Å². The maximum absolute atomic E-state index is 11.3. The quantitative estimate of drug-likeness (QED) is 0.363. The largest absolute Gasteiger partial charge is 0.493 e. The molecule has 12 nitrogen and oxygen atoms in total. The highest BCUT2D eigenvalue weighted by Gasteiger charge is 2.22. The summed E-state index contributed by atoms with van der Waals surface area (Å²) < 4.78 is 10.9. The molecule has 0 radical (unpaired) electrons. The molecule has 0 unspecified atom stereocenters. The second kappa shape index (κ2) is 9.38. The second-order valence-corrected chi connectivity index (χ2v) is 6.41. The molecule has 0 atom stereocenters.